The Morgan fingerprint density at radius 2 is 1.52 bits per heavy atom. The second kappa shape index (κ2) is 8.24. The van der Waals surface area contributed by atoms with Gasteiger partial charge >= 0.3 is 5.97 Å². The number of amides is 2. The van der Waals surface area contributed by atoms with Crippen LogP contribution in [-0.4, -0.2) is 29.9 Å². The number of benzene rings is 2. The average molecular weight is 381 g/mol. The van der Waals surface area contributed by atoms with Crippen molar-refractivity contribution in [2.24, 2.45) is 0 Å². The van der Waals surface area contributed by atoms with Gasteiger partial charge in [0.2, 0.25) is 0 Å². The smallest absolute Gasteiger partial charge is 0.349 e. The number of nitrogens with zero attached hydrogens (tertiary/aromatic N) is 1. The van der Waals surface area contributed by atoms with Gasteiger partial charge in [-0.25, -0.2) is 9.78 Å². The Hall–Kier alpha value is -3.52. The quantitative estimate of drug-likeness (QED) is 0.660. The van der Waals surface area contributed by atoms with Gasteiger partial charge in [0.15, 0.2) is 5.13 Å². The Balaban J connectivity index is 1.62. The molecule has 2 amide bonds. The minimum absolute atomic E-state index is 0.231. The molecule has 3 aromatic rings. The van der Waals surface area contributed by atoms with E-state index >= 15 is 0 Å². The topological polar surface area (TPSA) is 97.4 Å². The minimum atomic E-state index is -0.508. The lowest BCUT2D eigenvalue weighted by atomic mass is 10.1. The number of rotatable bonds is 5. The maximum absolute atomic E-state index is 12.3. The van der Waals surface area contributed by atoms with Crippen molar-refractivity contribution in [3.05, 3.63) is 76.8 Å². The molecule has 2 aromatic carbocycles. The first-order valence-corrected chi connectivity index (χ1v) is 8.70. The van der Waals surface area contributed by atoms with Crippen LogP contribution in [0.2, 0.25) is 0 Å². The van der Waals surface area contributed by atoms with Gasteiger partial charge in [0, 0.05) is 16.8 Å². The van der Waals surface area contributed by atoms with E-state index in [1.165, 1.54) is 13.3 Å². The van der Waals surface area contributed by atoms with Gasteiger partial charge in [-0.05, 0) is 36.4 Å². The van der Waals surface area contributed by atoms with Gasteiger partial charge in [-0.1, -0.05) is 29.5 Å². The molecule has 0 saturated carbocycles. The van der Waals surface area contributed by atoms with Gasteiger partial charge in [-0.3, -0.25) is 14.9 Å². The van der Waals surface area contributed by atoms with Crippen LogP contribution in [0.25, 0.3) is 0 Å². The van der Waals surface area contributed by atoms with E-state index in [-0.39, 0.29) is 11.8 Å². The summed E-state index contributed by atoms with van der Waals surface area (Å²) in [5.41, 5.74) is 1.51. The van der Waals surface area contributed by atoms with Crippen molar-refractivity contribution in [2.45, 2.75) is 0 Å². The molecule has 1 aromatic heterocycles. The largest absolute Gasteiger partial charge is 0.465 e. The van der Waals surface area contributed by atoms with E-state index in [4.69, 9.17) is 0 Å². The highest BCUT2D eigenvalue weighted by Gasteiger charge is 2.13. The van der Waals surface area contributed by atoms with E-state index in [9.17, 15) is 14.4 Å². The zero-order chi connectivity index (χ0) is 19.2. The van der Waals surface area contributed by atoms with Crippen LogP contribution < -0.4 is 10.6 Å². The fraction of sp³-hybridized carbons (Fsp3) is 0.0526. The molecule has 7 nitrogen and oxygen atoms in total. The van der Waals surface area contributed by atoms with Gasteiger partial charge in [-0.2, -0.15) is 0 Å². The molecule has 0 unspecified atom stereocenters. The third kappa shape index (κ3) is 4.56. The maximum Gasteiger partial charge on any atom is 0.349 e. The number of esters is 1. The van der Waals surface area contributed by atoms with Crippen LogP contribution in [0.1, 0.15) is 30.4 Å². The normalized spacial score (nSPS) is 10.1. The zero-order valence-corrected chi connectivity index (χ0v) is 15.1. The van der Waals surface area contributed by atoms with Crippen LogP contribution in [0.3, 0.4) is 0 Å². The molecule has 0 aliphatic carbocycles. The number of hydrogen-bond donors (Lipinski definition) is 2. The second-order valence-electron chi connectivity index (χ2n) is 5.37. The number of anilines is 2. The minimum Gasteiger partial charge on any atom is -0.465 e. The van der Waals surface area contributed by atoms with Crippen molar-refractivity contribution < 1.29 is 19.1 Å². The van der Waals surface area contributed by atoms with Crippen molar-refractivity contribution in [2.75, 3.05) is 17.7 Å². The molecule has 0 fully saturated rings. The summed E-state index contributed by atoms with van der Waals surface area (Å²) in [7, 11) is 1.28. The fourth-order valence-corrected chi connectivity index (χ4v) is 2.92. The van der Waals surface area contributed by atoms with Crippen molar-refractivity contribution in [1.82, 2.24) is 4.98 Å². The first kappa shape index (κ1) is 18.3. The highest BCUT2D eigenvalue weighted by molar-refractivity contribution is 7.17. The van der Waals surface area contributed by atoms with Crippen LogP contribution in [0.4, 0.5) is 10.8 Å². The highest BCUT2D eigenvalue weighted by Crippen LogP contribution is 2.20. The van der Waals surface area contributed by atoms with Crippen molar-refractivity contribution in [3.8, 4) is 0 Å². The van der Waals surface area contributed by atoms with Crippen LogP contribution in [-0.2, 0) is 4.74 Å². The molecule has 0 aliphatic heterocycles. The molecule has 1 heterocycles. The number of carbonyl (C=O) groups is 3. The fourth-order valence-electron chi connectivity index (χ4n) is 2.19. The molecule has 0 radical (unpaired) electrons. The molecule has 0 saturated heterocycles. The van der Waals surface area contributed by atoms with Crippen molar-refractivity contribution >= 4 is 39.9 Å². The standard InChI is InChI=1S/C19H15N3O4S/c1-26-18(25)15-11-20-19(27-15)22-17(24)13-7-9-14(10-8-13)21-16(23)12-5-3-2-4-6-12/h2-11H,1H3,(H,21,23)(H,20,22,24). The van der Waals surface area contributed by atoms with Gasteiger partial charge in [0.1, 0.15) is 4.88 Å². The summed E-state index contributed by atoms with van der Waals surface area (Å²) in [6.45, 7) is 0. The number of thiazole rings is 1. The number of nitrogens with one attached hydrogen (secondary N) is 2. The van der Waals surface area contributed by atoms with E-state index < -0.39 is 5.97 Å². The summed E-state index contributed by atoms with van der Waals surface area (Å²) in [4.78, 5) is 40.1. The Bertz CT molecular complexity index is 968. The summed E-state index contributed by atoms with van der Waals surface area (Å²) < 4.78 is 4.60. The Labute approximate surface area is 159 Å². The van der Waals surface area contributed by atoms with Gasteiger partial charge in [-0.15, -0.1) is 0 Å². The molecule has 0 aliphatic rings. The molecular formula is C19H15N3O4S. The Morgan fingerprint density at radius 3 is 2.19 bits per heavy atom. The number of ether oxygens (including phenoxy) is 1. The van der Waals surface area contributed by atoms with E-state index in [0.29, 0.717) is 26.8 Å². The van der Waals surface area contributed by atoms with Gasteiger partial charge < -0.3 is 10.1 Å². The summed E-state index contributed by atoms with van der Waals surface area (Å²) in [5, 5.41) is 5.67. The summed E-state index contributed by atoms with van der Waals surface area (Å²) >= 11 is 1.02. The molecule has 0 atom stereocenters. The molecule has 0 bridgehead atoms. The van der Waals surface area contributed by atoms with E-state index in [1.807, 2.05) is 6.07 Å². The lowest BCUT2D eigenvalue weighted by Crippen LogP contribution is -2.13. The highest BCUT2D eigenvalue weighted by atomic mass is 32.1. The van der Waals surface area contributed by atoms with Crippen molar-refractivity contribution in [3.63, 3.8) is 0 Å². The summed E-state index contributed by atoms with van der Waals surface area (Å²) in [5.74, 6) is -1.11. The SMILES string of the molecule is COC(=O)c1cnc(NC(=O)c2ccc(NC(=O)c3ccccc3)cc2)s1. The maximum atomic E-state index is 12.3. The Kier molecular flexibility index (Phi) is 5.58. The monoisotopic (exact) mass is 381 g/mol. The number of methoxy groups -OCH3 is 1. The van der Waals surface area contributed by atoms with Crippen LogP contribution in [0, 0.1) is 0 Å². The number of aromatic nitrogens is 1. The zero-order valence-electron chi connectivity index (χ0n) is 14.3. The summed E-state index contributed by atoms with van der Waals surface area (Å²) in [6.07, 6.45) is 1.34. The Morgan fingerprint density at radius 1 is 0.889 bits per heavy atom. The third-order valence-electron chi connectivity index (χ3n) is 3.55. The average Bonchev–Trinajstić information content (AvgIpc) is 3.17. The van der Waals surface area contributed by atoms with E-state index in [1.54, 1.807) is 48.5 Å². The van der Waals surface area contributed by atoms with Crippen LogP contribution >= 0.6 is 11.3 Å². The first-order valence-electron chi connectivity index (χ1n) is 7.89. The lowest BCUT2D eigenvalue weighted by Gasteiger charge is -2.06. The molecular weight excluding hydrogens is 366 g/mol. The molecule has 2 N–H and O–H groups in total. The number of hydrogen-bond acceptors (Lipinski definition) is 6. The number of carbonyl (C=O) groups excluding carboxylic acids is 3. The lowest BCUT2D eigenvalue weighted by molar-refractivity contribution is 0.0605. The predicted octanol–water partition coefficient (Wildman–Crippen LogP) is 3.43. The molecule has 0 spiro atoms. The molecule has 3 rings (SSSR count). The van der Waals surface area contributed by atoms with Crippen LogP contribution in [0.5, 0.6) is 0 Å². The second-order valence-corrected chi connectivity index (χ2v) is 6.40. The predicted molar refractivity (Wildman–Crippen MR) is 102 cm³/mol. The molecule has 27 heavy (non-hydrogen) atoms. The molecule has 136 valence electrons. The third-order valence-corrected chi connectivity index (χ3v) is 4.45. The first-order chi connectivity index (χ1) is 13.1. The van der Waals surface area contributed by atoms with Gasteiger partial charge in [0.05, 0.1) is 13.3 Å². The van der Waals surface area contributed by atoms with Gasteiger partial charge in [0.25, 0.3) is 11.8 Å². The summed E-state index contributed by atoms with van der Waals surface area (Å²) in [6, 6.07) is 15.3. The van der Waals surface area contributed by atoms with E-state index in [0.717, 1.165) is 11.3 Å². The van der Waals surface area contributed by atoms with Crippen molar-refractivity contribution in [1.29, 1.82) is 0 Å². The molecule has 8 heteroatoms. The van der Waals surface area contributed by atoms with E-state index in [2.05, 4.69) is 20.4 Å². The van der Waals surface area contributed by atoms with Crippen LogP contribution in [0.15, 0.2) is 60.8 Å².